The Morgan fingerprint density at radius 2 is 1.47 bits per heavy atom. The lowest BCUT2D eigenvalue weighted by Gasteiger charge is -2.30. The van der Waals surface area contributed by atoms with Crippen LogP contribution < -0.4 is 10.6 Å². The number of piperidine rings is 1. The van der Waals surface area contributed by atoms with Gasteiger partial charge in [-0.05, 0) is 36.6 Å². The van der Waals surface area contributed by atoms with Crippen LogP contribution in [-0.2, 0) is 9.59 Å². The minimum atomic E-state index is -0.153. The Bertz CT molecular complexity index is 873. The van der Waals surface area contributed by atoms with Crippen LogP contribution in [0, 0.1) is 5.92 Å². The fraction of sp³-hybridized carbons (Fsp3) is 0.292. The third-order valence-corrected chi connectivity index (χ3v) is 5.14. The van der Waals surface area contributed by atoms with Gasteiger partial charge in [0.1, 0.15) is 0 Å². The van der Waals surface area contributed by atoms with Crippen molar-refractivity contribution in [1.29, 1.82) is 0 Å². The zero-order chi connectivity index (χ0) is 21.2. The SMILES string of the molecule is O=C(NCCNC(=O)C1CCN(C(=O)/C=C/c2ccccc2)CC1)c1ccccc1. The standard InChI is InChI=1S/C24H27N3O3/c28-22(12-11-19-7-3-1-4-8-19)27-17-13-21(14-18-27)24(30)26-16-15-25-23(29)20-9-5-2-6-10-20/h1-12,21H,13-18H2,(H,25,29)(H,26,30)/b12-11+. The van der Waals surface area contributed by atoms with Crippen LogP contribution in [0.3, 0.4) is 0 Å². The average molecular weight is 405 g/mol. The van der Waals surface area contributed by atoms with Gasteiger partial charge in [0.05, 0.1) is 0 Å². The Balaban J connectivity index is 1.34. The van der Waals surface area contributed by atoms with Crippen molar-refractivity contribution in [3.05, 3.63) is 77.9 Å². The molecular weight excluding hydrogens is 378 g/mol. The second-order valence-corrected chi connectivity index (χ2v) is 7.26. The maximum atomic E-state index is 12.4. The van der Waals surface area contributed by atoms with E-state index in [0.717, 1.165) is 5.56 Å². The topological polar surface area (TPSA) is 78.5 Å². The number of rotatable bonds is 7. The molecule has 0 spiro atoms. The molecule has 0 saturated carbocycles. The van der Waals surface area contributed by atoms with Gasteiger partial charge in [-0.2, -0.15) is 0 Å². The number of carbonyl (C=O) groups is 3. The first-order valence-electron chi connectivity index (χ1n) is 10.3. The molecule has 1 heterocycles. The maximum absolute atomic E-state index is 12.4. The molecule has 0 bridgehead atoms. The van der Waals surface area contributed by atoms with Gasteiger partial charge in [-0.3, -0.25) is 14.4 Å². The van der Waals surface area contributed by atoms with Crippen molar-refractivity contribution in [2.45, 2.75) is 12.8 Å². The summed E-state index contributed by atoms with van der Waals surface area (Å²) in [6.45, 7) is 1.90. The van der Waals surface area contributed by atoms with Crippen LogP contribution in [0.1, 0.15) is 28.8 Å². The molecule has 3 rings (SSSR count). The quantitative estimate of drug-likeness (QED) is 0.549. The summed E-state index contributed by atoms with van der Waals surface area (Å²) in [5.74, 6) is -0.297. The van der Waals surface area contributed by atoms with E-state index >= 15 is 0 Å². The van der Waals surface area contributed by atoms with Crippen molar-refractivity contribution >= 4 is 23.8 Å². The molecule has 2 aromatic carbocycles. The highest BCUT2D eigenvalue weighted by Gasteiger charge is 2.26. The summed E-state index contributed by atoms with van der Waals surface area (Å²) in [5.41, 5.74) is 1.58. The molecule has 1 aliphatic rings. The predicted octanol–water partition coefficient (Wildman–Crippen LogP) is 2.48. The molecule has 3 amide bonds. The monoisotopic (exact) mass is 405 g/mol. The number of nitrogens with zero attached hydrogens (tertiary/aromatic N) is 1. The lowest BCUT2D eigenvalue weighted by Crippen LogP contribution is -2.44. The Labute approximate surface area is 177 Å². The molecule has 1 fully saturated rings. The lowest BCUT2D eigenvalue weighted by atomic mass is 9.96. The summed E-state index contributed by atoms with van der Waals surface area (Å²) in [4.78, 5) is 38.4. The van der Waals surface area contributed by atoms with Crippen molar-refractivity contribution in [3.63, 3.8) is 0 Å². The fourth-order valence-electron chi connectivity index (χ4n) is 3.40. The molecule has 2 N–H and O–H groups in total. The van der Waals surface area contributed by atoms with Gasteiger partial charge in [-0.25, -0.2) is 0 Å². The van der Waals surface area contributed by atoms with Gasteiger partial charge in [-0.15, -0.1) is 0 Å². The van der Waals surface area contributed by atoms with Gasteiger partial charge in [0.25, 0.3) is 5.91 Å². The number of carbonyl (C=O) groups excluding carboxylic acids is 3. The van der Waals surface area contributed by atoms with Crippen LogP contribution in [0.15, 0.2) is 66.7 Å². The van der Waals surface area contributed by atoms with Crippen LogP contribution in [0.5, 0.6) is 0 Å². The smallest absolute Gasteiger partial charge is 0.251 e. The van der Waals surface area contributed by atoms with E-state index in [9.17, 15) is 14.4 Å². The van der Waals surface area contributed by atoms with E-state index < -0.39 is 0 Å². The number of likely N-dealkylation sites (tertiary alicyclic amines) is 1. The van der Waals surface area contributed by atoms with E-state index in [4.69, 9.17) is 0 Å². The molecule has 0 radical (unpaired) electrons. The van der Waals surface area contributed by atoms with E-state index in [1.165, 1.54) is 0 Å². The molecule has 6 nitrogen and oxygen atoms in total. The Morgan fingerprint density at radius 3 is 2.13 bits per heavy atom. The van der Waals surface area contributed by atoms with E-state index in [2.05, 4.69) is 10.6 Å². The number of hydrogen-bond acceptors (Lipinski definition) is 3. The summed E-state index contributed by atoms with van der Waals surface area (Å²) in [6.07, 6.45) is 4.69. The molecule has 1 aliphatic heterocycles. The first-order valence-corrected chi connectivity index (χ1v) is 10.3. The summed E-state index contributed by atoms with van der Waals surface area (Å²) >= 11 is 0. The van der Waals surface area contributed by atoms with Crippen molar-refractivity contribution < 1.29 is 14.4 Å². The van der Waals surface area contributed by atoms with Crippen LogP contribution in [0.25, 0.3) is 6.08 Å². The molecule has 0 aliphatic carbocycles. The second kappa shape index (κ2) is 11.0. The van der Waals surface area contributed by atoms with Gasteiger partial charge in [-0.1, -0.05) is 48.5 Å². The molecular formula is C24H27N3O3. The van der Waals surface area contributed by atoms with Crippen LogP contribution >= 0.6 is 0 Å². The third-order valence-electron chi connectivity index (χ3n) is 5.14. The van der Waals surface area contributed by atoms with E-state index in [0.29, 0.717) is 44.6 Å². The van der Waals surface area contributed by atoms with Gasteiger partial charge in [0.15, 0.2) is 0 Å². The first-order chi connectivity index (χ1) is 14.6. The van der Waals surface area contributed by atoms with Crippen LogP contribution in [0.4, 0.5) is 0 Å². The van der Waals surface area contributed by atoms with Crippen molar-refractivity contribution in [1.82, 2.24) is 15.5 Å². The number of benzene rings is 2. The van der Waals surface area contributed by atoms with E-state index in [1.54, 1.807) is 23.1 Å². The zero-order valence-corrected chi connectivity index (χ0v) is 16.9. The Hall–Kier alpha value is -3.41. The van der Waals surface area contributed by atoms with Crippen molar-refractivity contribution in [2.75, 3.05) is 26.2 Å². The highest BCUT2D eigenvalue weighted by atomic mass is 16.2. The van der Waals surface area contributed by atoms with Gasteiger partial charge in [0, 0.05) is 43.7 Å². The van der Waals surface area contributed by atoms with E-state index in [1.807, 2.05) is 54.6 Å². The number of amides is 3. The molecule has 2 aromatic rings. The van der Waals surface area contributed by atoms with Gasteiger partial charge in [0.2, 0.25) is 11.8 Å². The lowest BCUT2D eigenvalue weighted by molar-refractivity contribution is -0.132. The minimum absolute atomic E-state index is 0.0177. The molecule has 0 unspecified atom stereocenters. The largest absolute Gasteiger partial charge is 0.354 e. The van der Waals surface area contributed by atoms with Crippen molar-refractivity contribution in [2.24, 2.45) is 5.92 Å². The Kier molecular flexibility index (Phi) is 7.78. The van der Waals surface area contributed by atoms with Gasteiger partial charge < -0.3 is 15.5 Å². The predicted molar refractivity (Wildman–Crippen MR) is 117 cm³/mol. The molecule has 30 heavy (non-hydrogen) atoms. The zero-order valence-electron chi connectivity index (χ0n) is 16.9. The summed E-state index contributed by atoms with van der Waals surface area (Å²) in [5, 5.41) is 5.67. The minimum Gasteiger partial charge on any atom is -0.354 e. The number of nitrogens with one attached hydrogen (secondary N) is 2. The molecule has 0 aromatic heterocycles. The Morgan fingerprint density at radius 1 is 0.867 bits per heavy atom. The number of hydrogen-bond donors (Lipinski definition) is 2. The average Bonchev–Trinajstić information content (AvgIpc) is 2.81. The molecule has 6 heteroatoms. The molecule has 0 atom stereocenters. The van der Waals surface area contributed by atoms with Crippen LogP contribution in [-0.4, -0.2) is 48.8 Å². The summed E-state index contributed by atoms with van der Waals surface area (Å²) < 4.78 is 0. The maximum Gasteiger partial charge on any atom is 0.251 e. The second-order valence-electron chi connectivity index (χ2n) is 7.26. The summed E-state index contributed by atoms with van der Waals surface area (Å²) in [6, 6.07) is 18.7. The summed E-state index contributed by atoms with van der Waals surface area (Å²) in [7, 11) is 0. The fourth-order valence-corrected chi connectivity index (χ4v) is 3.40. The normalized spacial score (nSPS) is 14.5. The first kappa shape index (κ1) is 21.3. The molecule has 1 saturated heterocycles. The van der Waals surface area contributed by atoms with Crippen molar-refractivity contribution in [3.8, 4) is 0 Å². The highest BCUT2D eigenvalue weighted by molar-refractivity contribution is 5.94. The third kappa shape index (κ3) is 6.30. The van der Waals surface area contributed by atoms with Crippen LogP contribution in [0.2, 0.25) is 0 Å². The van der Waals surface area contributed by atoms with E-state index in [-0.39, 0.29) is 23.6 Å². The molecule has 156 valence electrons. The van der Waals surface area contributed by atoms with Gasteiger partial charge >= 0.3 is 0 Å². The highest BCUT2D eigenvalue weighted by Crippen LogP contribution is 2.18.